The predicted molar refractivity (Wildman–Crippen MR) is 121 cm³/mol. The summed E-state index contributed by atoms with van der Waals surface area (Å²) in [5.41, 5.74) is 2.69. The predicted octanol–water partition coefficient (Wildman–Crippen LogP) is 4.87. The maximum absolute atomic E-state index is 13.0. The fourth-order valence-corrected chi connectivity index (χ4v) is 3.28. The molecule has 0 saturated heterocycles. The number of hydrogen-bond acceptors (Lipinski definition) is 4. The molecule has 1 amide bonds. The Labute approximate surface area is 182 Å². The summed E-state index contributed by atoms with van der Waals surface area (Å²) in [6.45, 7) is 0.614. The number of carbonyl (C=O) groups excluding carboxylic acids is 1. The van der Waals surface area contributed by atoms with Crippen LogP contribution in [0.3, 0.4) is 0 Å². The van der Waals surface area contributed by atoms with Gasteiger partial charge in [0, 0.05) is 17.3 Å². The topological polar surface area (TPSA) is 59.6 Å². The third-order valence-electron chi connectivity index (χ3n) is 4.72. The van der Waals surface area contributed by atoms with E-state index in [1.165, 1.54) is 0 Å². The molecule has 30 heavy (non-hydrogen) atoms. The molecular formula is C24H25ClN2O3. The average Bonchev–Trinajstić information content (AvgIpc) is 2.78. The smallest absolute Gasteiger partial charge is 0.246 e. The van der Waals surface area contributed by atoms with Crippen LogP contribution in [0.15, 0.2) is 72.8 Å². The molecule has 5 nitrogen and oxygen atoms in total. The highest BCUT2D eigenvalue weighted by Gasteiger charge is 2.20. The second-order valence-electron chi connectivity index (χ2n) is 6.73. The summed E-state index contributed by atoms with van der Waals surface area (Å²) < 4.78 is 10.7. The van der Waals surface area contributed by atoms with Gasteiger partial charge in [0.2, 0.25) is 5.91 Å². The van der Waals surface area contributed by atoms with E-state index < -0.39 is 6.04 Å². The Morgan fingerprint density at radius 1 is 0.933 bits per heavy atom. The lowest BCUT2D eigenvalue weighted by Crippen LogP contribution is -2.34. The van der Waals surface area contributed by atoms with Gasteiger partial charge in [-0.3, -0.25) is 4.79 Å². The second-order valence-corrected chi connectivity index (χ2v) is 7.17. The molecule has 0 fully saturated rings. The van der Waals surface area contributed by atoms with E-state index in [-0.39, 0.29) is 5.91 Å². The SMILES string of the molecule is COc1ccc(CCN[C@@H](C(=O)Nc2ccc(Cl)cc2)c2ccccc2)cc1OC. The van der Waals surface area contributed by atoms with Gasteiger partial charge >= 0.3 is 0 Å². The highest BCUT2D eigenvalue weighted by Crippen LogP contribution is 2.27. The molecule has 0 unspecified atom stereocenters. The minimum absolute atomic E-state index is 0.129. The van der Waals surface area contributed by atoms with Crippen molar-refractivity contribution in [1.82, 2.24) is 5.32 Å². The van der Waals surface area contributed by atoms with Crippen LogP contribution in [0.5, 0.6) is 11.5 Å². The number of halogens is 1. The van der Waals surface area contributed by atoms with E-state index in [4.69, 9.17) is 21.1 Å². The summed E-state index contributed by atoms with van der Waals surface area (Å²) in [5, 5.41) is 6.95. The molecular weight excluding hydrogens is 400 g/mol. The van der Waals surface area contributed by atoms with Gasteiger partial charge < -0.3 is 20.1 Å². The van der Waals surface area contributed by atoms with E-state index in [1.54, 1.807) is 38.5 Å². The van der Waals surface area contributed by atoms with Crippen LogP contribution >= 0.6 is 11.6 Å². The minimum atomic E-state index is -0.484. The van der Waals surface area contributed by atoms with E-state index in [2.05, 4.69) is 10.6 Å². The number of methoxy groups -OCH3 is 2. The molecule has 1 atom stereocenters. The van der Waals surface area contributed by atoms with Crippen LogP contribution in [0.2, 0.25) is 5.02 Å². The number of carbonyl (C=O) groups is 1. The standard InChI is InChI=1S/C24H25ClN2O3/c1-29-21-13-8-17(16-22(21)30-2)14-15-26-23(18-6-4-3-5-7-18)24(28)27-20-11-9-19(25)10-12-20/h3-13,16,23,26H,14-15H2,1-2H3,(H,27,28)/t23-/m1/s1. The Kier molecular flexibility index (Phi) is 7.71. The van der Waals surface area contributed by atoms with Gasteiger partial charge in [-0.15, -0.1) is 0 Å². The molecule has 0 spiro atoms. The Hall–Kier alpha value is -3.02. The number of benzene rings is 3. The number of anilines is 1. The molecule has 3 rings (SSSR count). The average molecular weight is 425 g/mol. The van der Waals surface area contributed by atoms with Gasteiger partial charge in [-0.1, -0.05) is 48.0 Å². The maximum atomic E-state index is 13.0. The van der Waals surface area contributed by atoms with Gasteiger partial charge in [0.25, 0.3) is 0 Å². The van der Waals surface area contributed by atoms with Crippen molar-refractivity contribution in [3.63, 3.8) is 0 Å². The Balaban J connectivity index is 1.69. The molecule has 0 aromatic heterocycles. The van der Waals surface area contributed by atoms with Crippen molar-refractivity contribution in [3.8, 4) is 11.5 Å². The van der Waals surface area contributed by atoms with Crippen molar-refractivity contribution >= 4 is 23.2 Å². The highest BCUT2D eigenvalue weighted by atomic mass is 35.5. The Morgan fingerprint density at radius 3 is 2.30 bits per heavy atom. The largest absolute Gasteiger partial charge is 0.493 e. The fraction of sp³-hybridized carbons (Fsp3) is 0.208. The first-order valence-corrected chi connectivity index (χ1v) is 10.0. The van der Waals surface area contributed by atoms with Gasteiger partial charge in [-0.2, -0.15) is 0 Å². The molecule has 0 bridgehead atoms. The van der Waals surface area contributed by atoms with E-state index >= 15 is 0 Å². The van der Waals surface area contributed by atoms with Crippen molar-refractivity contribution in [2.45, 2.75) is 12.5 Å². The van der Waals surface area contributed by atoms with Gasteiger partial charge in [-0.05, 0) is 53.9 Å². The third-order valence-corrected chi connectivity index (χ3v) is 4.97. The normalized spacial score (nSPS) is 11.6. The van der Waals surface area contributed by atoms with Gasteiger partial charge in [-0.25, -0.2) is 0 Å². The van der Waals surface area contributed by atoms with Crippen molar-refractivity contribution in [1.29, 1.82) is 0 Å². The maximum Gasteiger partial charge on any atom is 0.246 e. The van der Waals surface area contributed by atoms with Crippen LogP contribution in [-0.2, 0) is 11.2 Å². The summed E-state index contributed by atoms with van der Waals surface area (Å²) in [4.78, 5) is 13.0. The highest BCUT2D eigenvalue weighted by molar-refractivity contribution is 6.30. The summed E-state index contributed by atoms with van der Waals surface area (Å²) in [6, 6.07) is 22.1. The van der Waals surface area contributed by atoms with E-state index in [0.717, 1.165) is 17.5 Å². The number of nitrogens with one attached hydrogen (secondary N) is 2. The van der Waals surface area contributed by atoms with Crippen molar-refractivity contribution in [2.75, 3.05) is 26.1 Å². The van der Waals surface area contributed by atoms with Crippen LogP contribution in [0.25, 0.3) is 0 Å². The van der Waals surface area contributed by atoms with Gasteiger partial charge in [0.1, 0.15) is 6.04 Å². The quantitative estimate of drug-likeness (QED) is 0.514. The van der Waals surface area contributed by atoms with E-state index in [1.807, 2.05) is 48.5 Å². The second kappa shape index (κ2) is 10.7. The number of ether oxygens (including phenoxy) is 2. The summed E-state index contributed by atoms with van der Waals surface area (Å²) in [5.74, 6) is 1.25. The number of amides is 1. The molecule has 156 valence electrons. The Morgan fingerprint density at radius 2 is 1.63 bits per heavy atom. The molecule has 0 radical (unpaired) electrons. The summed E-state index contributed by atoms with van der Waals surface area (Å²) >= 11 is 5.93. The zero-order valence-electron chi connectivity index (χ0n) is 17.0. The molecule has 3 aromatic carbocycles. The first-order chi connectivity index (χ1) is 14.6. The van der Waals surface area contributed by atoms with Crippen molar-refractivity contribution < 1.29 is 14.3 Å². The molecule has 3 aromatic rings. The van der Waals surface area contributed by atoms with Crippen LogP contribution in [-0.4, -0.2) is 26.7 Å². The van der Waals surface area contributed by atoms with E-state index in [9.17, 15) is 4.79 Å². The molecule has 0 heterocycles. The third kappa shape index (κ3) is 5.75. The van der Waals surface area contributed by atoms with Crippen LogP contribution in [0, 0.1) is 0 Å². The van der Waals surface area contributed by atoms with Crippen molar-refractivity contribution in [3.05, 3.63) is 88.9 Å². The van der Waals surface area contributed by atoms with Crippen molar-refractivity contribution in [2.24, 2.45) is 0 Å². The lowest BCUT2D eigenvalue weighted by molar-refractivity contribution is -0.118. The summed E-state index contributed by atoms with van der Waals surface area (Å²) in [7, 11) is 3.23. The van der Waals surface area contributed by atoms with Gasteiger partial charge in [0.05, 0.1) is 14.2 Å². The first-order valence-electron chi connectivity index (χ1n) is 9.66. The van der Waals surface area contributed by atoms with E-state index in [0.29, 0.717) is 28.8 Å². The molecule has 6 heteroatoms. The minimum Gasteiger partial charge on any atom is -0.493 e. The Bertz CT molecular complexity index is 962. The zero-order valence-corrected chi connectivity index (χ0v) is 17.8. The number of rotatable bonds is 9. The number of hydrogen-bond donors (Lipinski definition) is 2. The first kappa shape index (κ1) is 21.7. The summed E-state index contributed by atoms with van der Waals surface area (Å²) in [6.07, 6.45) is 0.734. The molecule has 0 aliphatic carbocycles. The monoisotopic (exact) mass is 424 g/mol. The molecule has 0 aliphatic heterocycles. The van der Waals surface area contributed by atoms with Crippen LogP contribution in [0.4, 0.5) is 5.69 Å². The fourth-order valence-electron chi connectivity index (χ4n) is 3.15. The molecule has 2 N–H and O–H groups in total. The van der Waals surface area contributed by atoms with Gasteiger partial charge in [0.15, 0.2) is 11.5 Å². The molecule has 0 saturated carbocycles. The molecule has 0 aliphatic rings. The zero-order chi connectivity index (χ0) is 21.3. The lowest BCUT2D eigenvalue weighted by atomic mass is 10.1. The van der Waals surface area contributed by atoms with Crippen LogP contribution < -0.4 is 20.1 Å². The van der Waals surface area contributed by atoms with Crippen LogP contribution in [0.1, 0.15) is 17.2 Å². The lowest BCUT2D eigenvalue weighted by Gasteiger charge is -2.19.